The molecular weight excluding hydrogens is 344 g/mol. The molecule has 0 bridgehead atoms. The van der Waals surface area contributed by atoms with Gasteiger partial charge in [-0.15, -0.1) is 10.2 Å². The van der Waals surface area contributed by atoms with Crippen LogP contribution < -0.4 is 11.2 Å². The number of nitrogens with zero attached hydrogens (tertiary/aromatic N) is 4. The van der Waals surface area contributed by atoms with Crippen molar-refractivity contribution >= 4 is 0 Å². The van der Waals surface area contributed by atoms with E-state index in [1.165, 1.54) is 6.20 Å². The number of nitrogens with one attached hydrogen (secondary N) is 2. The first-order valence-electron chi connectivity index (χ1n) is 8.21. The summed E-state index contributed by atoms with van der Waals surface area (Å²) in [6.07, 6.45) is 2.12. The standard InChI is InChI=1S/C19H12N6O2/c20-7-10-1-3-11(4-2-10)12-5-13(12)14-6-16(24-25-17(14)8-21)15-9-22-19(27)23-18(15)26/h1-4,6,9,12-13H,5H2,(H2,22,23,26,27). The minimum absolute atomic E-state index is 0.0867. The van der Waals surface area contributed by atoms with Crippen molar-refractivity contribution in [2.45, 2.75) is 18.3 Å². The van der Waals surface area contributed by atoms with Crippen LogP contribution in [0.3, 0.4) is 0 Å². The van der Waals surface area contributed by atoms with Crippen LogP contribution in [0.4, 0.5) is 0 Å². The van der Waals surface area contributed by atoms with Crippen LogP contribution in [0.1, 0.15) is 40.6 Å². The van der Waals surface area contributed by atoms with Crippen molar-refractivity contribution in [1.82, 2.24) is 20.2 Å². The van der Waals surface area contributed by atoms with Gasteiger partial charge in [-0.2, -0.15) is 10.5 Å². The Kier molecular flexibility index (Phi) is 3.87. The van der Waals surface area contributed by atoms with Crippen molar-refractivity contribution in [2.24, 2.45) is 0 Å². The van der Waals surface area contributed by atoms with Crippen LogP contribution in [0.25, 0.3) is 11.3 Å². The van der Waals surface area contributed by atoms with Gasteiger partial charge in [-0.25, -0.2) is 4.79 Å². The molecule has 1 fully saturated rings. The second-order valence-corrected chi connectivity index (χ2v) is 6.31. The summed E-state index contributed by atoms with van der Waals surface area (Å²) in [5.41, 5.74) is 1.94. The van der Waals surface area contributed by atoms with Gasteiger partial charge in [0, 0.05) is 6.20 Å². The molecule has 4 rings (SSSR count). The van der Waals surface area contributed by atoms with Gasteiger partial charge >= 0.3 is 5.69 Å². The number of aromatic amines is 2. The molecule has 8 heteroatoms. The molecule has 1 aliphatic rings. The summed E-state index contributed by atoms with van der Waals surface area (Å²) in [5.74, 6) is 0.305. The van der Waals surface area contributed by atoms with Crippen LogP contribution in [0, 0.1) is 22.7 Å². The maximum absolute atomic E-state index is 12.0. The lowest BCUT2D eigenvalue weighted by Crippen LogP contribution is -2.23. The predicted molar refractivity (Wildman–Crippen MR) is 94.7 cm³/mol. The van der Waals surface area contributed by atoms with Crippen LogP contribution in [-0.2, 0) is 0 Å². The van der Waals surface area contributed by atoms with E-state index in [0.29, 0.717) is 11.3 Å². The van der Waals surface area contributed by atoms with E-state index < -0.39 is 11.2 Å². The molecule has 0 saturated heterocycles. The lowest BCUT2D eigenvalue weighted by molar-refractivity contribution is 0.934. The second kappa shape index (κ2) is 6.36. The summed E-state index contributed by atoms with van der Waals surface area (Å²) < 4.78 is 0. The normalized spacial score (nSPS) is 17.7. The summed E-state index contributed by atoms with van der Waals surface area (Å²) in [5, 5.41) is 26.2. The second-order valence-electron chi connectivity index (χ2n) is 6.31. The Labute approximate surface area is 152 Å². The molecule has 2 heterocycles. The highest BCUT2D eigenvalue weighted by molar-refractivity contribution is 5.59. The molecule has 27 heavy (non-hydrogen) atoms. The lowest BCUT2D eigenvalue weighted by atomic mass is 10.0. The molecule has 0 radical (unpaired) electrons. The highest BCUT2D eigenvalue weighted by Crippen LogP contribution is 2.55. The van der Waals surface area contributed by atoms with Gasteiger partial charge in [-0.1, -0.05) is 12.1 Å². The third kappa shape index (κ3) is 3.00. The van der Waals surface area contributed by atoms with Gasteiger partial charge in [0.05, 0.1) is 17.2 Å². The van der Waals surface area contributed by atoms with Crippen molar-refractivity contribution in [2.75, 3.05) is 0 Å². The van der Waals surface area contributed by atoms with Crippen LogP contribution in [0.5, 0.6) is 0 Å². The highest BCUT2D eigenvalue weighted by Gasteiger charge is 2.41. The fraction of sp³-hybridized carbons (Fsp3) is 0.158. The van der Waals surface area contributed by atoms with E-state index in [1.807, 2.05) is 18.2 Å². The molecule has 2 aromatic heterocycles. The van der Waals surface area contributed by atoms with Gasteiger partial charge in [0.1, 0.15) is 11.8 Å². The van der Waals surface area contributed by atoms with Gasteiger partial charge < -0.3 is 4.98 Å². The Morgan fingerprint density at radius 3 is 2.48 bits per heavy atom. The monoisotopic (exact) mass is 356 g/mol. The first kappa shape index (κ1) is 16.4. The zero-order valence-electron chi connectivity index (χ0n) is 13.9. The molecule has 2 N–H and O–H groups in total. The molecule has 3 aromatic rings. The minimum Gasteiger partial charge on any atom is -0.313 e. The van der Waals surface area contributed by atoms with E-state index in [2.05, 4.69) is 26.2 Å². The lowest BCUT2D eigenvalue weighted by Gasteiger charge is -2.06. The molecule has 1 aromatic carbocycles. The van der Waals surface area contributed by atoms with Gasteiger partial charge in [-0.05, 0) is 47.6 Å². The van der Waals surface area contributed by atoms with E-state index in [0.717, 1.165) is 17.5 Å². The molecule has 2 unspecified atom stereocenters. The smallest absolute Gasteiger partial charge is 0.313 e. The molecular formula is C19H12N6O2. The summed E-state index contributed by atoms with van der Waals surface area (Å²) in [6, 6.07) is 13.2. The number of benzene rings is 1. The fourth-order valence-electron chi connectivity index (χ4n) is 3.22. The molecule has 1 saturated carbocycles. The largest absolute Gasteiger partial charge is 0.325 e. The molecule has 130 valence electrons. The number of hydrogen-bond donors (Lipinski definition) is 2. The summed E-state index contributed by atoms with van der Waals surface area (Å²) in [7, 11) is 0. The fourth-order valence-corrected chi connectivity index (χ4v) is 3.22. The average molecular weight is 356 g/mol. The Hall–Kier alpha value is -4.04. The number of hydrogen-bond acceptors (Lipinski definition) is 6. The molecule has 0 aliphatic heterocycles. The van der Waals surface area contributed by atoms with E-state index in [9.17, 15) is 14.9 Å². The first-order chi connectivity index (χ1) is 13.1. The van der Waals surface area contributed by atoms with Crippen molar-refractivity contribution in [3.05, 3.63) is 79.8 Å². The Morgan fingerprint density at radius 1 is 1.04 bits per heavy atom. The van der Waals surface area contributed by atoms with E-state index in [-0.39, 0.29) is 23.1 Å². The number of rotatable bonds is 3. The molecule has 8 nitrogen and oxygen atoms in total. The van der Waals surface area contributed by atoms with Gasteiger partial charge in [-0.3, -0.25) is 9.78 Å². The molecule has 2 atom stereocenters. The van der Waals surface area contributed by atoms with Crippen LogP contribution in [-0.4, -0.2) is 20.2 Å². The number of H-pyrrole nitrogens is 2. The maximum atomic E-state index is 12.0. The van der Waals surface area contributed by atoms with Crippen molar-refractivity contribution in [3.8, 4) is 23.4 Å². The Balaban J connectivity index is 1.70. The van der Waals surface area contributed by atoms with Crippen molar-refractivity contribution < 1.29 is 0 Å². The topological polar surface area (TPSA) is 139 Å². The van der Waals surface area contributed by atoms with Crippen molar-refractivity contribution in [3.63, 3.8) is 0 Å². The predicted octanol–water partition coefficient (Wildman–Crippen LogP) is 1.53. The molecule has 0 amide bonds. The quantitative estimate of drug-likeness (QED) is 0.729. The van der Waals surface area contributed by atoms with Crippen LogP contribution in [0.15, 0.2) is 46.1 Å². The highest BCUT2D eigenvalue weighted by atomic mass is 16.2. The third-order valence-electron chi connectivity index (χ3n) is 4.68. The first-order valence-corrected chi connectivity index (χ1v) is 8.21. The molecule has 0 spiro atoms. The zero-order valence-corrected chi connectivity index (χ0v) is 13.9. The van der Waals surface area contributed by atoms with Gasteiger partial charge in [0.2, 0.25) is 0 Å². The third-order valence-corrected chi connectivity index (χ3v) is 4.68. The Bertz CT molecular complexity index is 1230. The SMILES string of the molecule is N#Cc1ccc(C2CC2c2cc(-c3c[nH]c(=O)[nH]c3=O)nnc2C#N)cc1. The number of nitriles is 2. The maximum Gasteiger partial charge on any atom is 0.325 e. The van der Waals surface area contributed by atoms with E-state index >= 15 is 0 Å². The Morgan fingerprint density at radius 2 is 1.81 bits per heavy atom. The van der Waals surface area contributed by atoms with E-state index in [1.54, 1.807) is 18.2 Å². The molecule has 1 aliphatic carbocycles. The number of aromatic nitrogens is 4. The minimum atomic E-state index is -0.603. The average Bonchev–Trinajstić information content (AvgIpc) is 3.48. The summed E-state index contributed by atoms with van der Waals surface area (Å²) >= 11 is 0. The summed E-state index contributed by atoms with van der Waals surface area (Å²) in [6.45, 7) is 0. The van der Waals surface area contributed by atoms with Gasteiger partial charge in [0.25, 0.3) is 5.56 Å². The zero-order chi connectivity index (χ0) is 19.0. The van der Waals surface area contributed by atoms with Crippen molar-refractivity contribution in [1.29, 1.82) is 10.5 Å². The van der Waals surface area contributed by atoms with Crippen LogP contribution in [0.2, 0.25) is 0 Å². The van der Waals surface area contributed by atoms with Crippen LogP contribution >= 0.6 is 0 Å². The summed E-state index contributed by atoms with van der Waals surface area (Å²) in [4.78, 5) is 27.8. The van der Waals surface area contributed by atoms with E-state index in [4.69, 9.17) is 5.26 Å². The van der Waals surface area contributed by atoms with Gasteiger partial charge in [0.15, 0.2) is 5.69 Å².